The van der Waals surface area contributed by atoms with Crippen molar-refractivity contribution in [3.05, 3.63) is 11.7 Å². The minimum atomic E-state index is -0.0884. The van der Waals surface area contributed by atoms with Gasteiger partial charge in [-0.2, -0.15) is 4.98 Å². The van der Waals surface area contributed by atoms with Crippen LogP contribution in [-0.4, -0.2) is 40.7 Å². The van der Waals surface area contributed by atoms with E-state index >= 15 is 0 Å². The number of carbonyl (C=O) groups excluding carboxylic acids is 1. The fourth-order valence-electron chi connectivity index (χ4n) is 2.35. The molecule has 0 radical (unpaired) electrons. The van der Waals surface area contributed by atoms with Gasteiger partial charge in [-0.05, 0) is 26.3 Å². The molecule has 19 heavy (non-hydrogen) atoms. The predicted molar refractivity (Wildman–Crippen MR) is 68.3 cm³/mol. The summed E-state index contributed by atoms with van der Waals surface area (Å²) in [5.41, 5.74) is 0. The van der Waals surface area contributed by atoms with Crippen LogP contribution in [0, 0.1) is 5.92 Å². The molecular weight excluding hydrogens is 246 g/mol. The SMILES string of the molecule is CCOC(=O)C1CCCN(Cc2noc(CC)n2)C1. The highest BCUT2D eigenvalue weighted by molar-refractivity contribution is 5.72. The maximum Gasteiger partial charge on any atom is 0.310 e. The Morgan fingerprint density at radius 3 is 3.05 bits per heavy atom. The lowest BCUT2D eigenvalue weighted by molar-refractivity contribution is -0.150. The Kier molecular flexibility index (Phi) is 4.90. The quantitative estimate of drug-likeness (QED) is 0.751. The molecule has 6 heteroatoms. The van der Waals surface area contributed by atoms with Crippen LogP contribution >= 0.6 is 0 Å². The average molecular weight is 267 g/mol. The molecule has 1 atom stereocenters. The molecule has 0 saturated carbocycles. The van der Waals surface area contributed by atoms with Gasteiger partial charge in [0.05, 0.1) is 19.1 Å². The van der Waals surface area contributed by atoms with Crippen molar-refractivity contribution >= 4 is 5.97 Å². The lowest BCUT2D eigenvalue weighted by atomic mass is 9.98. The molecule has 0 bridgehead atoms. The van der Waals surface area contributed by atoms with Crippen LogP contribution in [0.1, 0.15) is 38.4 Å². The zero-order chi connectivity index (χ0) is 13.7. The van der Waals surface area contributed by atoms with Gasteiger partial charge < -0.3 is 9.26 Å². The third-order valence-corrected chi connectivity index (χ3v) is 3.30. The van der Waals surface area contributed by atoms with E-state index in [4.69, 9.17) is 9.26 Å². The average Bonchev–Trinajstić information content (AvgIpc) is 2.87. The van der Waals surface area contributed by atoms with E-state index in [-0.39, 0.29) is 11.9 Å². The van der Waals surface area contributed by atoms with Crippen LogP contribution in [0.5, 0.6) is 0 Å². The van der Waals surface area contributed by atoms with Gasteiger partial charge in [-0.25, -0.2) is 0 Å². The van der Waals surface area contributed by atoms with Crippen LogP contribution in [0.3, 0.4) is 0 Å². The number of piperidine rings is 1. The zero-order valence-corrected chi connectivity index (χ0v) is 11.6. The number of hydrogen-bond donors (Lipinski definition) is 0. The first-order chi connectivity index (χ1) is 9.22. The van der Waals surface area contributed by atoms with Crippen molar-refractivity contribution < 1.29 is 14.1 Å². The Morgan fingerprint density at radius 1 is 1.53 bits per heavy atom. The minimum Gasteiger partial charge on any atom is -0.466 e. The second kappa shape index (κ2) is 6.65. The number of rotatable bonds is 5. The first-order valence-corrected chi connectivity index (χ1v) is 6.93. The van der Waals surface area contributed by atoms with Gasteiger partial charge in [-0.1, -0.05) is 12.1 Å². The van der Waals surface area contributed by atoms with Crippen LogP contribution in [0.2, 0.25) is 0 Å². The molecule has 2 heterocycles. The van der Waals surface area contributed by atoms with Gasteiger partial charge in [0.1, 0.15) is 0 Å². The first kappa shape index (κ1) is 14.0. The molecule has 6 nitrogen and oxygen atoms in total. The topological polar surface area (TPSA) is 68.5 Å². The first-order valence-electron chi connectivity index (χ1n) is 6.93. The van der Waals surface area contributed by atoms with Crippen molar-refractivity contribution in [3.63, 3.8) is 0 Å². The van der Waals surface area contributed by atoms with Crippen molar-refractivity contribution in [3.8, 4) is 0 Å². The molecule has 0 aromatic carbocycles. The van der Waals surface area contributed by atoms with Gasteiger partial charge in [0.2, 0.25) is 5.89 Å². The summed E-state index contributed by atoms with van der Waals surface area (Å²) in [6.07, 6.45) is 2.65. The molecule has 1 aromatic rings. The molecular formula is C13H21N3O3. The molecule has 1 aliphatic rings. The number of aryl methyl sites for hydroxylation is 1. The van der Waals surface area contributed by atoms with Gasteiger partial charge in [-0.15, -0.1) is 0 Å². The van der Waals surface area contributed by atoms with Gasteiger partial charge >= 0.3 is 5.97 Å². The number of likely N-dealkylation sites (tertiary alicyclic amines) is 1. The Hall–Kier alpha value is -1.43. The Morgan fingerprint density at radius 2 is 2.37 bits per heavy atom. The van der Waals surface area contributed by atoms with Crippen molar-refractivity contribution in [1.82, 2.24) is 15.0 Å². The van der Waals surface area contributed by atoms with Crippen molar-refractivity contribution in [2.75, 3.05) is 19.7 Å². The molecule has 1 saturated heterocycles. The summed E-state index contributed by atoms with van der Waals surface area (Å²) in [6, 6.07) is 0. The highest BCUT2D eigenvalue weighted by Crippen LogP contribution is 2.19. The molecule has 106 valence electrons. The lowest BCUT2D eigenvalue weighted by Crippen LogP contribution is -2.39. The number of hydrogen-bond acceptors (Lipinski definition) is 6. The molecule has 1 aromatic heterocycles. The third-order valence-electron chi connectivity index (χ3n) is 3.30. The minimum absolute atomic E-state index is 0.0220. The smallest absolute Gasteiger partial charge is 0.310 e. The summed E-state index contributed by atoms with van der Waals surface area (Å²) in [4.78, 5) is 18.2. The van der Waals surface area contributed by atoms with E-state index < -0.39 is 0 Å². The number of carbonyl (C=O) groups is 1. The zero-order valence-electron chi connectivity index (χ0n) is 11.6. The fraction of sp³-hybridized carbons (Fsp3) is 0.769. The molecule has 0 N–H and O–H groups in total. The van der Waals surface area contributed by atoms with Crippen LogP contribution in [0.4, 0.5) is 0 Å². The third kappa shape index (κ3) is 3.76. The van der Waals surface area contributed by atoms with Crippen LogP contribution in [0.15, 0.2) is 4.52 Å². The highest BCUT2D eigenvalue weighted by Gasteiger charge is 2.27. The van der Waals surface area contributed by atoms with Crippen molar-refractivity contribution in [2.24, 2.45) is 5.92 Å². The van der Waals surface area contributed by atoms with Crippen LogP contribution in [0.25, 0.3) is 0 Å². The Balaban J connectivity index is 1.88. The van der Waals surface area contributed by atoms with Crippen molar-refractivity contribution in [1.29, 1.82) is 0 Å². The van der Waals surface area contributed by atoms with E-state index in [1.165, 1.54) is 0 Å². The summed E-state index contributed by atoms with van der Waals surface area (Å²) in [5, 5.41) is 3.94. The number of esters is 1. The summed E-state index contributed by atoms with van der Waals surface area (Å²) < 4.78 is 10.2. The molecule has 1 fully saturated rings. The second-order valence-electron chi connectivity index (χ2n) is 4.78. The maximum absolute atomic E-state index is 11.7. The molecule has 1 aliphatic heterocycles. The number of ether oxygens (including phenoxy) is 1. The monoisotopic (exact) mass is 267 g/mol. The fourth-order valence-corrected chi connectivity index (χ4v) is 2.35. The van der Waals surface area contributed by atoms with E-state index in [9.17, 15) is 4.79 Å². The molecule has 0 aliphatic carbocycles. The van der Waals surface area contributed by atoms with Crippen LogP contribution < -0.4 is 0 Å². The highest BCUT2D eigenvalue weighted by atomic mass is 16.5. The summed E-state index contributed by atoms with van der Waals surface area (Å²) in [6.45, 7) is 6.58. The number of nitrogens with zero attached hydrogens (tertiary/aromatic N) is 3. The predicted octanol–water partition coefficient (Wildman–Crippen LogP) is 1.41. The molecule has 1 unspecified atom stereocenters. The van der Waals surface area contributed by atoms with E-state index in [0.717, 1.165) is 32.4 Å². The van der Waals surface area contributed by atoms with E-state index in [2.05, 4.69) is 15.0 Å². The molecule has 0 amide bonds. The maximum atomic E-state index is 11.7. The Labute approximate surface area is 113 Å². The summed E-state index contributed by atoms with van der Waals surface area (Å²) in [5.74, 6) is 1.25. The van der Waals surface area contributed by atoms with Crippen LogP contribution in [-0.2, 0) is 22.5 Å². The lowest BCUT2D eigenvalue weighted by Gasteiger charge is -2.30. The standard InChI is InChI=1S/C13H21N3O3/c1-3-12-14-11(15-19-12)9-16-7-5-6-10(8-16)13(17)18-4-2/h10H,3-9H2,1-2H3. The molecule has 0 spiro atoms. The Bertz CT molecular complexity index is 419. The van der Waals surface area contributed by atoms with E-state index in [1.54, 1.807) is 0 Å². The summed E-state index contributed by atoms with van der Waals surface area (Å²) in [7, 11) is 0. The summed E-state index contributed by atoms with van der Waals surface area (Å²) >= 11 is 0. The van der Waals surface area contributed by atoms with Gasteiger partial charge in [-0.3, -0.25) is 9.69 Å². The van der Waals surface area contributed by atoms with Gasteiger partial charge in [0.15, 0.2) is 5.82 Å². The van der Waals surface area contributed by atoms with Gasteiger partial charge in [0.25, 0.3) is 0 Å². The largest absolute Gasteiger partial charge is 0.466 e. The van der Waals surface area contributed by atoms with E-state index in [1.807, 2.05) is 13.8 Å². The second-order valence-corrected chi connectivity index (χ2v) is 4.78. The van der Waals surface area contributed by atoms with Gasteiger partial charge in [0, 0.05) is 13.0 Å². The number of aromatic nitrogens is 2. The molecule has 2 rings (SSSR count). The van der Waals surface area contributed by atoms with Crippen molar-refractivity contribution in [2.45, 2.75) is 39.7 Å². The van der Waals surface area contributed by atoms with E-state index in [0.29, 0.717) is 24.9 Å². The normalized spacial score (nSPS) is 20.4.